The number of rotatable bonds is 2. The van der Waals surface area contributed by atoms with Gasteiger partial charge in [-0.05, 0) is 31.0 Å². The van der Waals surface area contributed by atoms with Crippen LogP contribution in [0.1, 0.15) is 24.0 Å². The third-order valence-electron chi connectivity index (χ3n) is 3.76. The SMILES string of the molecule is N#Cc1ccc(N2CCC[C@@H]2[C@@H](O)C(F)(F)F)cc1C(F)(F)F. The molecule has 126 valence electrons. The molecule has 0 aliphatic carbocycles. The lowest BCUT2D eigenvalue weighted by molar-refractivity contribution is -0.209. The second-order valence-electron chi connectivity index (χ2n) is 5.23. The number of hydrogen-bond acceptors (Lipinski definition) is 3. The lowest BCUT2D eigenvalue weighted by Crippen LogP contribution is -2.47. The van der Waals surface area contributed by atoms with Crippen molar-refractivity contribution in [2.75, 3.05) is 11.4 Å². The molecule has 1 fully saturated rings. The van der Waals surface area contributed by atoms with E-state index in [1.165, 1.54) is 6.07 Å². The van der Waals surface area contributed by atoms with E-state index in [0.717, 1.165) is 17.0 Å². The largest absolute Gasteiger partial charge is 0.417 e. The Hall–Kier alpha value is -1.95. The minimum absolute atomic E-state index is 0.0159. The highest BCUT2D eigenvalue weighted by molar-refractivity contribution is 5.56. The fourth-order valence-corrected chi connectivity index (χ4v) is 2.70. The van der Waals surface area contributed by atoms with E-state index in [2.05, 4.69) is 0 Å². The molecule has 2 rings (SSSR count). The van der Waals surface area contributed by atoms with Gasteiger partial charge in [-0.3, -0.25) is 0 Å². The molecule has 0 aromatic heterocycles. The van der Waals surface area contributed by atoms with Gasteiger partial charge in [0.05, 0.1) is 23.2 Å². The van der Waals surface area contributed by atoms with Crippen molar-refractivity contribution < 1.29 is 31.4 Å². The Balaban J connectivity index is 2.40. The first-order valence-corrected chi connectivity index (χ1v) is 6.68. The van der Waals surface area contributed by atoms with Gasteiger partial charge in [-0.15, -0.1) is 0 Å². The number of benzene rings is 1. The molecule has 0 amide bonds. The first-order valence-electron chi connectivity index (χ1n) is 6.68. The number of halogens is 6. The molecule has 0 unspecified atom stereocenters. The molecule has 1 saturated heterocycles. The maximum Gasteiger partial charge on any atom is 0.417 e. The molecule has 1 aliphatic rings. The lowest BCUT2D eigenvalue weighted by Gasteiger charge is -2.31. The molecule has 0 bridgehead atoms. The van der Waals surface area contributed by atoms with Crippen LogP contribution in [-0.4, -0.2) is 30.0 Å². The van der Waals surface area contributed by atoms with Crippen LogP contribution < -0.4 is 4.90 Å². The minimum Gasteiger partial charge on any atom is -0.382 e. The Bertz CT molecular complexity index is 619. The van der Waals surface area contributed by atoms with Crippen LogP contribution in [0.3, 0.4) is 0 Å². The molecule has 2 atom stereocenters. The van der Waals surface area contributed by atoms with Crippen LogP contribution in [0.5, 0.6) is 0 Å². The molecule has 3 nitrogen and oxygen atoms in total. The van der Waals surface area contributed by atoms with Gasteiger partial charge in [-0.2, -0.15) is 31.6 Å². The van der Waals surface area contributed by atoms with Gasteiger partial charge in [0, 0.05) is 12.2 Å². The van der Waals surface area contributed by atoms with Crippen LogP contribution in [0.2, 0.25) is 0 Å². The first-order chi connectivity index (χ1) is 10.6. The molecule has 1 N–H and O–H groups in total. The maximum atomic E-state index is 12.9. The van der Waals surface area contributed by atoms with Gasteiger partial charge in [0.2, 0.25) is 0 Å². The summed E-state index contributed by atoms with van der Waals surface area (Å²) < 4.78 is 76.9. The summed E-state index contributed by atoms with van der Waals surface area (Å²) in [5.74, 6) is 0. The Labute approximate surface area is 127 Å². The highest BCUT2D eigenvalue weighted by Crippen LogP contribution is 2.38. The molecule has 1 aromatic rings. The third kappa shape index (κ3) is 3.52. The standard InChI is InChI=1S/C14H12F6N2O/c15-13(16,17)10-6-9(4-3-8(10)7-21)22-5-1-2-11(22)12(23)14(18,19)20/h3-4,6,11-12,23H,1-2,5H2/t11-,12-/m1/s1. The molecule has 0 radical (unpaired) electrons. The molecular formula is C14H12F6N2O. The number of nitrogens with zero attached hydrogens (tertiary/aromatic N) is 2. The fourth-order valence-electron chi connectivity index (χ4n) is 2.70. The van der Waals surface area contributed by atoms with E-state index >= 15 is 0 Å². The van der Waals surface area contributed by atoms with E-state index in [-0.39, 0.29) is 18.7 Å². The van der Waals surface area contributed by atoms with Crippen LogP contribution >= 0.6 is 0 Å². The quantitative estimate of drug-likeness (QED) is 0.840. The van der Waals surface area contributed by atoms with Gasteiger partial charge in [-0.25, -0.2) is 0 Å². The van der Waals surface area contributed by atoms with Crippen molar-refractivity contribution in [1.29, 1.82) is 5.26 Å². The van der Waals surface area contributed by atoms with Crippen LogP contribution in [0.4, 0.5) is 32.0 Å². The molecule has 23 heavy (non-hydrogen) atoms. The Morgan fingerprint density at radius 1 is 1.22 bits per heavy atom. The van der Waals surface area contributed by atoms with Crippen molar-refractivity contribution in [3.63, 3.8) is 0 Å². The topological polar surface area (TPSA) is 47.3 Å². The molecule has 1 aliphatic heterocycles. The molecule has 0 saturated carbocycles. The summed E-state index contributed by atoms with van der Waals surface area (Å²) in [4.78, 5) is 1.11. The van der Waals surface area contributed by atoms with E-state index in [9.17, 15) is 31.4 Å². The maximum absolute atomic E-state index is 12.9. The first kappa shape index (κ1) is 17.4. The van der Waals surface area contributed by atoms with Crippen molar-refractivity contribution in [2.45, 2.75) is 37.3 Å². The van der Waals surface area contributed by atoms with E-state index in [1.807, 2.05) is 0 Å². The average molecular weight is 338 g/mol. The van der Waals surface area contributed by atoms with Crippen LogP contribution in [0.25, 0.3) is 0 Å². The molecule has 1 aromatic carbocycles. The van der Waals surface area contributed by atoms with Crippen molar-refractivity contribution in [1.82, 2.24) is 0 Å². The van der Waals surface area contributed by atoms with Crippen LogP contribution in [0.15, 0.2) is 18.2 Å². The van der Waals surface area contributed by atoms with Crippen molar-refractivity contribution in [3.8, 4) is 6.07 Å². The van der Waals surface area contributed by atoms with Crippen LogP contribution in [-0.2, 0) is 6.18 Å². The highest BCUT2D eigenvalue weighted by Gasteiger charge is 2.47. The Morgan fingerprint density at radius 3 is 2.39 bits per heavy atom. The monoisotopic (exact) mass is 338 g/mol. The average Bonchev–Trinajstić information content (AvgIpc) is 2.93. The second-order valence-corrected chi connectivity index (χ2v) is 5.23. The van der Waals surface area contributed by atoms with Crippen molar-refractivity contribution in [2.24, 2.45) is 0 Å². The Morgan fingerprint density at radius 2 is 1.87 bits per heavy atom. The number of alkyl halides is 6. The van der Waals surface area contributed by atoms with E-state index in [1.54, 1.807) is 0 Å². The summed E-state index contributed by atoms with van der Waals surface area (Å²) in [5.41, 5.74) is -1.90. The van der Waals surface area contributed by atoms with Gasteiger partial charge in [0.25, 0.3) is 0 Å². The van der Waals surface area contributed by atoms with Crippen molar-refractivity contribution >= 4 is 5.69 Å². The van der Waals surface area contributed by atoms with E-state index in [0.29, 0.717) is 12.5 Å². The molecule has 0 spiro atoms. The normalized spacial score (nSPS) is 20.4. The number of hydrogen-bond donors (Lipinski definition) is 1. The molecular weight excluding hydrogens is 326 g/mol. The van der Waals surface area contributed by atoms with Gasteiger partial charge in [-0.1, -0.05) is 0 Å². The number of aliphatic hydroxyl groups excluding tert-OH is 1. The highest BCUT2D eigenvalue weighted by atomic mass is 19.4. The Kier molecular flexibility index (Phi) is 4.48. The zero-order valence-electron chi connectivity index (χ0n) is 11.6. The predicted octanol–water partition coefficient (Wildman–Crippen LogP) is 3.47. The van der Waals surface area contributed by atoms with Crippen molar-refractivity contribution in [3.05, 3.63) is 29.3 Å². The number of aliphatic hydroxyl groups is 1. The zero-order valence-corrected chi connectivity index (χ0v) is 11.6. The molecule has 1 heterocycles. The summed E-state index contributed by atoms with van der Waals surface area (Å²) in [7, 11) is 0. The minimum atomic E-state index is -4.85. The molecule has 9 heteroatoms. The predicted molar refractivity (Wildman–Crippen MR) is 68.6 cm³/mol. The lowest BCUT2D eigenvalue weighted by atomic mass is 10.0. The second kappa shape index (κ2) is 5.92. The summed E-state index contributed by atoms with van der Waals surface area (Å²) in [6, 6.07) is 2.81. The van der Waals surface area contributed by atoms with Gasteiger partial charge >= 0.3 is 12.4 Å². The van der Waals surface area contributed by atoms with E-state index < -0.39 is 35.6 Å². The smallest absolute Gasteiger partial charge is 0.382 e. The summed E-state index contributed by atoms with van der Waals surface area (Å²) in [5, 5.41) is 18.1. The van der Waals surface area contributed by atoms with Gasteiger partial charge < -0.3 is 10.0 Å². The third-order valence-corrected chi connectivity index (χ3v) is 3.76. The van der Waals surface area contributed by atoms with Gasteiger partial charge in [0.15, 0.2) is 6.10 Å². The summed E-state index contributed by atoms with van der Waals surface area (Å²) in [6.07, 6.45) is -12.0. The summed E-state index contributed by atoms with van der Waals surface area (Å²) in [6.45, 7) is 0.0982. The van der Waals surface area contributed by atoms with E-state index in [4.69, 9.17) is 5.26 Å². The fraction of sp³-hybridized carbons (Fsp3) is 0.500. The van der Waals surface area contributed by atoms with Gasteiger partial charge in [0.1, 0.15) is 0 Å². The zero-order chi connectivity index (χ0) is 17.4. The number of nitriles is 1. The summed E-state index contributed by atoms with van der Waals surface area (Å²) >= 11 is 0. The van der Waals surface area contributed by atoms with Crippen LogP contribution in [0, 0.1) is 11.3 Å². The number of anilines is 1.